The van der Waals surface area contributed by atoms with Gasteiger partial charge in [0.05, 0.1) is 13.7 Å². The summed E-state index contributed by atoms with van der Waals surface area (Å²) >= 11 is 0. The molecule has 1 unspecified atom stereocenters. The van der Waals surface area contributed by atoms with Crippen LogP contribution < -0.4 is 4.74 Å². The first kappa shape index (κ1) is 11.1. The first-order valence-electron chi connectivity index (χ1n) is 4.98. The molecule has 14 heavy (non-hydrogen) atoms. The first-order valence-corrected chi connectivity index (χ1v) is 4.98. The highest BCUT2D eigenvalue weighted by Gasteiger charge is 2.13. The third kappa shape index (κ3) is 2.26. The lowest BCUT2D eigenvalue weighted by Crippen LogP contribution is -2.05. The lowest BCUT2D eigenvalue weighted by molar-refractivity contribution is 0.259. The topological polar surface area (TPSA) is 29.5 Å². The Bertz CT molecular complexity index is 290. The van der Waals surface area contributed by atoms with Gasteiger partial charge in [0, 0.05) is 5.92 Å². The van der Waals surface area contributed by atoms with Gasteiger partial charge in [-0.2, -0.15) is 0 Å². The molecule has 1 aromatic rings. The zero-order valence-electron chi connectivity index (χ0n) is 9.08. The molecule has 0 amide bonds. The molecule has 1 N–H and O–H groups in total. The van der Waals surface area contributed by atoms with Crippen molar-refractivity contribution >= 4 is 0 Å². The number of hydrogen-bond acceptors (Lipinski definition) is 2. The zero-order chi connectivity index (χ0) is 10.6. The van der Waals surface area contributed by atoms with Gasteiger partial charge in [0.2, 0.25) is 0 Å². The van der Waals surface area contributed by atoms with Crippen molar-refractivity contribution in [2.75, 3.05) is 13.7 Å². The summed E-state index contributed by atoms with van der Waals surface area (Å²) in [4.78, 5) is 0. The van der Waals surface area contributed by atoms with Crippen LogP contribution in [-0.2, 0) is 0 Å². The molecule has 0 spiro atoms. The maximum atomic E-state index is 9.23. The van der Waals surface area contributed by atoms with E-state index in [4.69, 9.17) is 4.74 Å². The molecule has 0 heterocycles. The normalized spacial score (nSPS) is 12.6. The Labute approximate surface area is 85.5 Å². The largest absolute Gasteiger partial charge is 0.496 e. The summed E-state index contributed by atoms with van der Waals surface area (Å²) in [6.45, 7) is 4.30. The van der Waals surface area contributed by atoms with Gasteiger partial charge in [0.25, 0.3) is 0 Å². The van der Waals surface area contributed by atoms with Crippen molar-refractivity contribution in [2.45, 2.75) is 26.2 Å². The molecule has 0 radical (unpaired) electrons. The predicted octanol–water partition coefficient (Wildman–Crippen LogP) is 2.49. The molecule has 0 aromatic heterocycles. The number of aliphatic hydroxyl groups excluding tert-OH is 1. The second-order valence-electron chi connectivity index (χ2n) is 3.53. The van der Waals surface area contributed by atoms with Crippen molar-refractivity contribution < 1.29 is 9.84 Å². The summed E-state index contributed by atoms with van der Waals surface area (Å²) in [5, 5.41) is 9.23. The Morgan fingerprint density at radius 2 is 2.14 bits per heavy atom. The Balaban J connectivity index is 3.08. The van der Waals surface area contributed by atoms with Crippen molar-refractivity contribution in [3.63, 3.8) is 0 Å². The van der Waals surface area contributed by atoms with Crippen molar-refractivity contribution in [2.24, 2.45) is 0 Å². The van der Waals surface area contributed by atoms with Crippen molar-refractivity contribution in [3.05, 3.63) is 29.3 Å². The average Bonchev–Trinajstić information content (AvgIpc) is 2.20. The third-order valence-corrected chi connectivity index (χ3v) is 2.54. The van der Waals surface area contributed by atoms with E-state index in [0.29, 0.717) is 0 Å². The SMILES string of the molecule is CCC(CO)c1cc(C)ccc1OC. The van der Waals surface area contributed by atoms with E-state index in [0.717, 1.165) is 17.7 Å². The fourth-order valence-electron chi connectivity index (χ4n) is 1.62. The van der Waals surface area contributed by atoms with Gasteiger partial charge in [-0.3, -0.25) is 0 Å². The molecule has 0 aliphatic heterocycles. The number of ether oxygens (including phenoxy) is 1. The van der Waals surface area contributed by atoms with E-state index in [1.165, 1.54) is 5.56 Å². The molecule has 1 atom stereocenters. The summed E-state index contributed by atoms with van der Waals surface area (Å²) in [5.74, 6) is 1.06. The quantitative estimate of drug-likeness (QED) is 0.798. The average molecular weight is 194 g/mol. The maximum Gasteiger partial charge on any atom is 0.122 e. The van der Waals surface area contributed by atoms with Gasteiger partial charge in [-0.15, -0.1) is 0 Å². The number of aryl methyl sites for hydroxylation is 1. The van der Waals surface area contributed by atoms with Gasteiger partial charge in [-0.25, -0.2) is 0 Å². The van der Waals surface area contributed by atoms with Crippen LogP contribution in [-0.4, -0.2) is 18.8 Å². The number of hydrogen-bond donors (Lipinski definition) is 1. The standard InChI is InChI=1S/C12H18O2/c1-4-10(8-13)11-7-9(2)5-6-12(11)14-3/h5-7,10,13H,4,8H2,1-3H3. The highest BCUT2D eigenvalue weighted by atomic mass is 16.5. The van der Waals surface area contributed by atoms with Crippen LogP contribution in [0.2, 0.25) is 0 Å². The van der Waals surface area contributed by atoms with Crippen molar-refractivity contribution in [3.8, 4) is 5.75 Å². The lowest BCUT2D eigenvalue weighted by atomic mass is 9.95. The molecule has 0 bridgehead atoms. The fraction of sp³-hybridized carbons (Fsp3) is 0.500. The van der Waals surface area contributed by atoms with Crippen LogP contribution in [0.1, 0.15) is 30.4 Å². The van der Waals surface area contributed by atoms with E-state index < -0.39 is 0 Å². The molecular weight excluding hydrogens is 176 g/mol. The summed E-state index contributed by atoms with van der Waals surface area (Å²) < 4.78 is 5.27. The van der Waals surface area contributed by atoms with Gasteiger partial charge in [0.15, 0.2) is 0 Å². The monoisotopic (exact) mass is 194 g/mol. The van der Waals surface area contributed by atoms with Gasteiger partial charge in [-0.05, 0) is 25.0 Å². The molecule has 2 nitrogen and oxygen atoms in total. The first-order chi connectivity index (χ1) is 6.72. The number of methoxy groups -OCH3 is 1. The number of aliphatic hydroxyl groups is 1. The summed E-state index contributed by atoms with van der Waals surface area (Å²) in [7, 11) is 1.66. The smallest absolute Gasteiger partial charge is 0.122 e. The van der Waals surface area contributed by atoms with Crippen LogP contribution in [0.4, 0.5) is 0 Å². The Kier molecular flexibility index (Phi) is 3.96. The van der Waals surface area contributed by atoms with E-state index in [-0.39, 0.29) is 12.5 Å². The van der Waals surface area contributed by atoms with Crippen LogP contribution in [0.25, 0.3) is 0 Å². The lowest BCUT2D eigenvalue weighted by Gasteiger charge is -2.16. The van der Waals surface area contributed by atoms with Crippen LogP contribution in [0.3, 0.4) is 0 Å². The Hall–Kier alpha value is -1.02. The van der Waals surface area contributed by atoms with E-state index in [2.05, 4.69) is 13.0 Å². The minimum Gasteiger partial charge on any atom is -0.496 e. The molecule has 78 valence electrons. The van der Waals surface area contributed by atoms with Crippen molar-refractivity contribution in [1.29, 1.82) is 0 Å². The van der Waals surface area contributed by atoms with Crippen LogP contribution >= 0.6 is 0 Å². The highest BCUT2D eigenvalue weighted by Crippen LogP contribution is 2.29. The molecule has 1 rings (SSSR count). The third-order valence-electron chi connectivity index (χ3n) is 2.54. The van der Waals surface area contributed by atoms with Gasteiger partial charge in [-0.1, -0.05) is 24.6 Å². The van der Waals surface area contributed by atoms with Crippen molar-refractivity contribution in [1.82, 2.24) is 0 Å². The van der Waals surface area contributed by atoms with E-state index in [9.17, 15) is 5.11 Å². The zero-order valence-corrected chi connectivity index (χ0v) is 9.08. The van der Waals surface area contributed by atoms with E-state index in [1.807, 2.05) is 19.1 Å². The van der Waals surface area contributed by atoms with Gasteiger partial charge < -0.3 is 9.84 Å². The van der Waals surface area contributed by atoms with Gasteiger partial charge in [0.1, 0.15) is 5.75 Å². The Morgan fingerprint density at radius 1 is 1.43 bits per heavy atom. The van der Waals surface area contributed by atoms with Gasteiger partial charge >= 0.3 is 0 Å². The molecule has 0 saturated heterocycles. The van der Waals surface area contributed by atoms with E-state index in [1.54, 1.807) is 7.11 Å². The molecule has 0 saturated carbocycles. The maximum absolute atomic E-state index is 9.23. The number of rotatable bonds is 4. The summed E-state index contributed by atoms with van der Waals surface area (Å²) in [5.41, 5.74) is 2.31. The predicted molar refractivity (Wildman–Crippen MR) is 57.8 cm³/mol. The van der Waals surface area contributed by atoms with Crippen LogP contribution in [0.5, 0.6) is 5.75 Å². The minimum absolute atomic E-state index is 0.177. The molecule has 0 aliphatic rings. The molecule has 0 aliphatic carbocycles. The fourth-order valence-corrected chi connectivity index (χ4v) is 1.62. The second kappa shape index (κ2) is 5.01. The van der Waals surface area contributed by atoms with E-state index >= 15 is 0 Å². The minimum atomic E-state index is 0.177. The van der Waals surface area contributed by atoms with Crippen LogP contribution in [0, 0.1) is 6.92 Å². The summed E-state index contributed by atoms with van der Waals surface area (Å²) in [6.07, 6.45) is 0.927. The number of benzene rings is 1. The Morgan fingerprint density at radius 3 is 2.64 bits per heavy atom. The van der Waals surface area contributed by atoms with Crippen LogP contribution in [0.15, 0.2) is 18.2 Å². The highest BCUT2D eigenvalue weighted by molar-refractivity contribution is 5.39. The summed E-state index contributed by atoms with van der Waals surface area (Å²) in [6, 6.07) is 6.07. The molecule has 1 aromatic carbocycles. The molecule has 2 heteroatoms. The second-order valence-corrected chi connectivity index (χ2v) is 3.53. The molecular formula is C12H18O2. The molecule has 0 fully saturated rings.